The van der Waals surface area contributed by atoms with Gasteiger partial charge in [0.2, 0.25) is 0 Å². The smallest absolute Gasteiger partial charge is 0.347 e. The molecule has 0 radical (unpaired) electrons. The molecule has 0 spiro atoms. The zero-order chi connectivity index (χ0) is 14.2. The number of fused-ring (bicyclic) bond motifs is 1. The molecule has 2 aromatic rings. The van der Waals surface area contributed by atoms with E-state index in [0.29, 0.717) is 11.3 Å². The molecule has 0 unspecified atom stereocenters. The summed E-state index contributed by atoms with van der Waals surface area (Å²) in [7, 11) is 0. The lowest BCUT2D eigenvalue weighted by Crippen LogP contribution is -2.37. The Morgan fingerprint density at radius 1 is 1.32 bits per heavy atom. The lowest BCUT2D eigenvalue weighted by atomic mass is 10.1. The van der Waals surface area contributed by atoms with Crippen molar-refractivity contribution in [3.05, 3.63) is 35.5 Å². The molecule has 1 heterocycles. The van der Waals surface area contributed by atoms with Gasteiger partial charge in [0.25, 0.3) is 0 Å². The molecule has 0 aliphatic carbocycles. The van der Waals surface area contributed by atoms with Crippen LogP contribution >= 0.6 is 0 Å². The first kappa shape index (κ1) is 13.3. The minimum absolute atomic E-state index is 0.497. The first-order valence-electron chi connectivity index (χ1n) is 6.10. The zero-order valence-electron chi connectivity index (χ0n) is 11.5. The highest BCUT2D eigenvalue weighted by molar-refractivity contribution is 5.88. The molecule has 0 aliphatic rings. The number of rotatable bonds is 3. The highest BCUT2D eigenvalue weighted by atomic mass is 16.5. The molecular formula is C15H17NO3. The molecule has 4 nitrogen and oxygen atoms in total. The molecular weight excluding hydrogens is 242 g/mol. The van der Waals surface area contributed by atoms with Crippen molar-refractivity contribution in [3.63, 3.8) is 0 Å². The van der Waals surface area contributed by atoms with Crippen molar-refractivity contribution in [2.45, 2.75) is 33.3 Å². The second-order valence-electron chi connectivity index (χ2n) is 5.15. The molecule has 19 heavy (non-hydrogen) atoms. The number of carboxylic acid groups (broad SMARTS) is 1. The summed E-state index contributed by atoms with van der Waals surface area (Å²) in [5, 5.41) is 10.1. The summed E-state index contributed by atoms with van der Waals surface area (Å²) in [5.41, 5.74) is 1.40. The Morgan fingerprint density at radius 2 is 2.00 bits per heavy atom. The molecule has 0 amide bonds. The van der Waals surface area contributed by atoms with Crippen LogP contribution in [0.4, 0.5) is 0 Å². The molecule has 0 bridgehead atoms. The Balaban J connectivity index is 2.59. The van der Waals surface area contributed by atoms with Gasteiger partial charge < -0.3 is 9.84 Å². The number of aryl methyl sites for hydroxylation is 2. The predicted molar refractivity (Wildman–Crippen MR) is 73.6 cm³/mol. The van der Waals surface area contributed by atoms with E-state index in [1.54, 1.807) is 6.07 Å². The fourth-order valence-electron chi connectivity index (χ4n) is 1.96. The van der Waals surface area contributed by atoms with Crippen molar-refractivity contribution in [2.24, 2.45) is 0 Å². The Morgan fingerprint density at radius 3 is 2.63 bits per heavy atom. The summed E-state index contributed by atoms with van der Waals surface area (Å²) in [6.45, 7) is 6.96. The van der Waals surface area contributed by atoms with E-state index in [4.69, 9.17) is 9.84 Å². The Hall–Kier alpha value is -2.10. The quantitative estimate of drug-likeness (QED) is 0.920. The molecule has 100 valence electrons. The van der Waals surface area contributed by atoms with E-state index in [0.717, 1.165) is 16.6 Å². The van der Waals surface area contributed by atoms with Crippen LogP contribution in [0.2, 0.25) is 0 Å². The molecule has 1 N–H and O–H groups in total. The van der Waals surface area contributed by atoms with Crippen LogP contribution in [-0.2, 0) is 4.79 Å². The van der Waals surface area contributed by atoms with Gasteiger partial charge in [-0.3, -0.25) is 0 Å². The number of hydrogen-bond donors (Lipinski definition) is 1. The number of aliphatic carboxylic acids is 1. The van der Waals surface area contributed by atoms with E-state index >= 15 is 0 Å². The van der Waals surface area contributed by atoms with E-state index in [1.165, 1.54) is 13.8 Å². The van der Waals surface area contributed by atoms with Gasteiger partial charge in [-0.2, -0.15) is 0 Å². The number of para-hydroxylation sites is 1. The van der Waals surface area contributed by atoms with Crippen LogP contribution in [-0.4, -0.2) is 21.7 Å². The van der Waals surface area contributed by atoms with Gasteiger partial charge in [-0.05, 0) is 45.4 Å². The maximum Gasteiger partial charge on any atom is 0.347 e. The number of nitrogens with zero attached hydrogens (tertiary/aromatic N) is 1. The highest BCUT2D eigenvalue weighted by Crippen LogP contribution is 2.29. The highest BCUT2D eigenvalue weighted by Gasteiger charge is 2.30. The van der Waals surface area contributed by atoms with E-state index in [-0.39, 0.29) is 0 Å². The van der Waals surface area contributed by atoms with E-state index < -0.39 is 11.6 Å². The van der Waals surface area contributed by atoms with Crippen LogP contribution < -0.4 is 4.74 Å². The SMILES string of the molecule is Cc1cc(C)c2cccc(OC(C)(C)C(=O)O)c2n1. The van der Waals surface area contributed by atoms with Crippen molar-refractivity contribution >= 4 is 16.9 Å². The predicted octanol–water partition coefficient (Wildman–Crippen LogP) is 3.09. The number of pyridine rings is 1. The second-order valence-corrected chi connectivity index (χ2v) is 5.15. The van der Waals surface area contributed by atoms with Crippen LogP contribution in [0.25, 0.3) is 10.9 Å². The van der Waals surface area contributed by atoms with Gasteiger partial charge in [-0.15, -0.1) is 0 Å². The maximum atomic E-state index is 11.1. The molecule has 1 aromatic heterocycles. The molecule has 0 aliphatic heterocycles. The van der Waals surface area contributed by atoms with Gasteiger partial charge >= 0.3 is 5.97 Å². The number of benzene rings is 1. The largest absolute Gasteiger partial charge is 0.478 e. The van der Waals surface area contributed by atoms with Crippen LogP contribution in [0.15, 0.2) is 24.3 Å². The lowest BCUT2D eigenvalue weighted by molar-refractivity contribution is -0.152. The van der Waals surface area contributed by atoms with Crippen molar-refractivity contribution in [3.8, 4) is 5.75 Å². The number of ether oxygens (including phenoxy) is 1. The van der Waals surface area contributed by atoms with Crippen molar-refractivity contribution in [2.75, 3.05) is 0 Å². The summed E-state index contributed by atoms with van der Waals surface area (Å²) >= 11 is 0. The van der Waals surface area contributed by atoms with Crippen molar-refractivity contribution in [1.29, 1.82) is 0 Å². The molecule has 2 rings (SSSR count). The van der Waals surface area contributed by atoms with E-state index in [1.807, 2.05) is 32.0 Å². The van der Waals surface area contributed by atoms with Crippen LogP contribution in [0.5, 0.6) is 5.75 Å². The molecule has 0 fully saturated rings. The summed E-state index contributed by atoms with van der Waals surface area (Å²) < 4.78 is 5.62. The van der Waals surface area contributed by atoms with Gasteiger partial charge in [0.1, 0.15) is 11.3 Å². The summed E-state index contributed by atoms with van der Waals surface area (Å²) in [6, 6.07) is 7.55. The third-order valence-corrected chi connectivity index (χ3v) is 3.02. The molecule has 1 aromatic carbocycles. The summed E-state index contributed by atoms with van der Waals surface area (Å²) in [4.78, 5) is 15.6. The van der Waals surface area contributed by atoms with Gasteiger partial charge in [-0.25, -0.2) is 9.78 Å². The third kappa shape index (κ3) is 2.52. The maximum absolute atomic E-state index is 11.1. The van der Waals surface area contributed by atoms with Crippen molar-refractivity contribution < 1.29 is 14.6 Å². The van der Waals surface area contributed by atoms with Crippen molar-refractivity contribution in [1.82, 2.24) is 4.98 Å². The second kappa shape index (κ2) is 4.53. The topological polar surface area (TPSA) is 59.4 Å². The minimum atomic E-state index is -1.28. The van der Waals surface area contributed by atoms with Gasteiger partial charge in [-0.1, -0.05) is 12.1 Å². The average molecular weight is 259 g/mol. The number of carbonyl (C=O) groups is 1. The lowest BCUT2D eigenvalue weighted by Gasteiger charge is -2.22. The first-order chi connectivity index (χ1) is 8.81. The van der Waals surface area contributed by atoms with E-state index in [9.17, 15) is 4.79 Å². The van der Waals surface area contributed by atoms with Crippen LogP contribution in [0.1, 0.15) is 25.1 Å². The number of aromatic nitrogens is 1. The van der Waals surface area contributed by atoms with Gasteiger partial charge in [0, 0.05) is 11.1 Å². The Bertz CT molecular complexity index is 647. The molecule has 4 heteroatoms. The monoisotopic (exact) mass is 259 g/mol. The van der Waals surface area contributed by atoms with Gasteiger partial charge in [0.05, 0.1) is 0 Å². The molecule has 0 saturated carbocycles. The fourth-order valence-corrected chi connectivity index (χ4v) is 1.96. The summed E-state index contributed by atoms with van der Waals surface area (Å²) in [6.07, 6.45) is 0. The van der Waals surface area contributed by atoms with Gasteiger partial charge in [0.15, 0.2) is 5.60 Å². The van der Waals surface area contributed by atoms with Crippen LogP contribution in [0, 0.1) is 13.8 Å². The normalized spacial score (nSPS) is 11.6. The Labute approximate surface area is 112 Å². The Kier molecular flexibility index (Phi) is 3.18. The third-order valence-electron chi connectivity index (χ3n) is 3.02. The zero-order valence-corrected chi connectivity index (χ0v) is 11.5. The summed E-state index contributed by atoms with van der Waals surface area (Å²) in [5.74, 6) is -0.509. The number of carboxylic acids is 1. The van der Waals surface area contributed by atoms with E-state index in [2.05, 4.69) is 4.98 Å². The van der Waals surface area contributed by atoms with Crippen LogP contribution in [0.3, 0.4) is 0 Å². The number of hydrogen-bond acceptors (Lipinski definition) is 3. The standard InChI is InChI=1S/C15H17NO3/c1-9-8-10(2)16-13-11(9)6-5-7-12(13)19-15(3,4)14(17)18/h5-8H,1-4H3,(H,17,18). The first-order valence-corrected chi connectivity index (χ1v) is 6.10. The fraction of sp³-hybridized carbons (Fsp3) is 0.333. The average Bonchev–Trinajstić information content (AvgIpc) is 2.29. The molecule has 0 atom stereocenters. The minimum Gasteiger partial charge on any atom is -0.478 e. The molecule has 0 saturated heterocycles.